The number of carbonyl (C=O) groups excluding carboxylic acids is 1. The second-order valence-electron chi connectivity index (χ2n) is 7.20. The number of hydrogen-bond donors (Lipinski definition) is 1. The smallest absolute Gasteiger partial charge is 0.350 e. The maximum absolute atomic E-state index is 12.9. The average molecular weight is 460 g/mol. The van der Waals surface area contributed by atoms with Crippen molar-refractivity contribution in [3.05, 3.63) is 87.7 Å². The Kier molecular flexibility index (Phi) is 5.90. The molecule has 1 N–H and O–H groups in total. The van der Waals surface area contributed by atoms with Crippen LogP contribution in [0.25, 0.3) is 11.2 Å². The lowest BCUT2D eigenvalue weighted by atomic mass is 10.1. The first kappa shape index (κ1) is 22.1. The second kappa shape index (κ2) is 8.81. The molecular weight excluding hydrogens is 444 g/mol. The molecule has 0 fully saturated rings. The van der Waals surface area contributed by atoms with Crippen molar-refractivity contribution in [1.29, 1.82) is 0 Å². The molecule has 2 heterocycles. The Bertz CT molecular complexity index is 1360. The molecule has 4 rings (SSSR count). The number of nitrogens with zero attached hydrogens (tertiary/aromatic N) is 5. The number of amides is 1. The van der Waals surface area contributed by atoms with E-state index in [1.807, 2.05) is 0 Å². The number of hydrogen-bond acceptors (Lipinski definition) is 5. The molecule has 0 atom stereocenters. The fraction of sp³-hybridized carbons (Fsp3) is 0.190. The monoisotopic (exact) mass is 460 g/mol. The number of fused-ring (bicyclic) bond motifs is 1. The molecule has 170 valence electrons. The number of carbonyl (C=O) groups is 1. The SMILES string of the molecule is O=C(Cn1cnc2c(nnn2Cc2cccc(C(F)(F)F)c2)c1=O)NCc1ccc(F)cc1. The van der Waals surface area contributed by atoms with E-state index in [0.29, 0.717) is 11.1 Å². The van der Waals surface area contributed by atoms with Gasteiger partial charge in [-0.2, -0.15) is 13.2 Å². The highest BCUT2D eigenvalue weighted by molar-refractivity contribution is 5.76. The maximum atomic E-state index is 12.9. The van der Waals surface area contributed by atoms with E-state index < -0.39 is 29.0 Å². The van der Waals surface area contributed by atoms with Crippen molar-refractivity contribution in [2.24, 2.45) is 0 Å². The van der Waals surface area contributed by atoms with E-state index >= 15 is 0 Å². The first-order valence-electron chi connectivity index (χ1n) is 9.66. The molecule has 8 nitrogen and oxygen atoms in total. The van der Waals surface area contributed by atoms with Crippen molar-refractivity contribution >= 4 is 17.1 Å². The van der Waals surface area contributed by atoms with Gasteiger partial charge in [-0.05, 0) is 35.4 Å². The molecule has 0 saturated carbocycles. The van der Waals surface area contributed by atoms with Gasteiger partial charge in [0, 0.05) is 6.54 Å². The molecule has 0 aliphatic heterocycles. The van der Waals surface area contributed by atoms with Crippen molar-refractivity contribution in [2.75, 3.05) is 0 Å². The molecule has 0 unspecified atom stereocenters. The fourth-order valence-electron chi connectivity index (χ4n) is 3.14. The summed E-state index contributed by atoms with van der Waals surface area (Å²) in [5, 5.41) is 10.2. The number of nitrogens with one attached hydrogen (secondary N) is 1. The molecule has 1 amide bonds. The van der Waals surface area contributed by atoms with Crippen LogP contribution in [0.5, 0.6) is 0 Å². The first-order chi connectivity index (χ1) is 15.7. The van der Waals surface area contributed by atoms with Crippen LogP contribution in [0, 0.1) is 5.82 Å². The lowest BCUT2D eigenvalue weighted by Gasteiger charge is -2.09. The van der Waals surface area contributed by atoms with Crippen molar-refractivity contribution in [1.82, 2.24) is 29.9 Å². The molecule has 0 aliphatic carbocycles. The van der Waals surface area contributed by atoms with Crippen molar-refractivity contribution in [3.63, 3.8) is 0 Å². The van der Waals surface area contributed by atoms with E-state index in [0.717, 1.165) is 23.0 Å². The molecular formula is C21H16F4N6O2. The van der Waals surface area contributed by atoms with Crippen LogP contribution in [0.1, 0.15) is 16.7 Å². The minimum Gasteiger partial charge on any atom is -0.350 e. The number of aromatic nitrogens is 5. The minimum absolute atomic E-state index is 0.0744. The van der Waals surface area contributed by atoms with Gasteiger partial charge in [0.25, 0.3) is 5.56 Å². The van der Waals surface area contributed by atoms with Crippen LogP contribution < -0.4 is 10.9 Å². The van der Waals surface area contributed by atoms with Crippen LogP contribution in [-0.4, -0.2) is 30.5 Å². The number of alkyl halides is 3. The van der Waals surface area contributed by atoms with E-state index in [1.165, 1.54) is 41.1 Å². The molecule has 0 saturated heterocycles. The number of benzene rings is 2. The summed E-state index contributed by atoms with van der Waals surface area (Å²) in [5.74, 6) is -0.865. The van der Waals surface area contributed by atoms with E-state index in [1.54, 1.807) is 0 Å². The fourth-order valence-corrected chi connectivity index (χ4v) is 3.14. The number of rotatable bonds is 6. The number of halogens is 4. The Morgan fingerprint density at radius 2 is 1.82 bits per heavy atom. The Morgan fingerprint density at radius 1 is 1.06 bits per heavy atom. The van der Waals surface area contributed by atoms with Gasteiger partial charge in [-0.3, -0.25) is 14.2 Å². The second-order valence-corrected chi connectivity index (χ2v) is 7.20. The first-order valence-corrected chi connectivity index (χ1v) is 9.66. The van der Waals surface area contributed by atoms with E-state index in [2.05, 4.69) is 20.6 Å². The Morgan fingerprint density at radius 3 is 2.55 bits per heavy atom. The highest BCUT2D eigenvalue weighted by Gasteiger charge is 2.30. The standard InChI is InChI=1S/C21H16F4N6O2/c22-16-6-4-13(5-7-16)9-26-17(32)11-30-12-27-19-18(20(30)33)28-29-31(19)10-14-2-1-3-15(8-14)21(23,24)25/h1-8,12H,9-11H2,(H,26,32). The van der Waals surface area contributed by atoms with Gasteiger partial charge in [-0.25, -0.2) is 14.1 Å². The van der Waals surface area contributed by atoms with Crippen LogP contribution in [0.15, 0.2) is 59.7 Å². The Labute approximate surface area is 183 Å². The van der Waals surface area contributed by atoms with Crippen LogP contribution >= 0.6 is 0 Å². The molecule has 12 heteroatoms. The van der Waals surface area contributed by atoms with Crippen molar-refractivity contribution in [2.45, 2.75) is 25.8 Å². The predicted octanol–water partition coefficient (Wildman–Crippen LogP) is 2.51. The lowest BCUT2D eigenvalue weighted by molar-refractivity contribution is -0.137. The summed E-state index contributed by atoms with van der Waals surface area (Å²) >= 11 is 0. The third kappa shape index (κ3) is 5.05. The third-order valence-corrected chi connectivity index (χ3v) is 4.80. The highest BCUT2D eigenvalue weighted by Crippen LogP contribution is 2.29. The maximum Gasteiger partial charge on any atom is 0.416 e. The Hall–Kier alpha value is -4.09. The highest BCUT2D eigenvalue weighted by atomic mass is 19.4. The summed E-state index contributed by atoms with van der Waals surface area (Å²) in [4.78, 5) is 29.0. The summed E-state index contributed by atoms with van der Waals surface area (Å²) in [6.07, 6.45) is -3.34. The molecule has 2 aromatic heterocycles. The van der Waals surface area contributed by atoms with Gasteiger partial charge in [-0.1, -0.05) is 29.5 Å². The van der Waals surface area contributed by atoms with E-state index in [-0.39, 0.29) is 30.8 Å². The molecule has 0 radical (unpaired) electrons. The van der Waals surface area contributed by atoms with Crippen LogP contribution in [0.4, 0.5) is 17.6 Å². The van der Waals surface area contributed by atoms with Gasteiger partial charge in [-0.15, -0.1) is 5.10 Å². The lowest BCUT2D eigenvalue weighted by Crippen LogP contribution is -2.32. The van der Waals surface area contributed by atoms with Gasteiger partial charge in [0.1, 0.15) is 18.7 Å². The van der Waals surface area contributed by atoms with Gasteiger partial charge in [0.15, 0.2) is 11.2 Å². The third-order valence-electron chi connectivity index (χ3n) is 4.80. The van der Waals surface area contributed by atoms with Gasteiger partial charge < -0.3 is 5.32 Å². The quantitative estimate of drug-likeness (QED) is 0.447. The molecule has 0 aliphatic rings. The van der Waals surface area contributed by atoms with Crippen LogP contribution in [-0.2, 0) is 30.6 Å². The minimum atomic E-state index is -4.48. The van der Waals surface area contributed by atoms with Crippen molar-refractivity contribution < 1.29 is 22.4 Å². The van der Waals surface area contributed by atoms with E-state index in [4.69, 9.17) is 0 Å². The summed E-state index contributed by atoms with van der Waals surface area (Å²) in [7, 11) is 0. The molecule has 0 bridgehead atoms. The zero-order valence-electron chi connectivity index (χ0n) is 16.9. The molecule has 33 heavy (non-hydrogen) atoms. The van der Waals surface area contributed by atoms with Gasteiger partial charge in [0.2, 0.25) is 5.91 Å². The summed E-state index contributed by atoms with van der Waals surface area (Å²) < 4.78 is 54.0. The summed E-state index contributed by atoms with van der Waals surface area (Å²) in [6, 6.07) is 10.3. The zero-order valence-corrected chi connectivity index (χ0v) is 16.9. The molecule has 2 aromatic carbocycles. The van der Waals surface area contributed by atoms with E-state index in [9.17, 15) is 27.2 Å². The topological polar surface area (TPSA) is 94.7 Å². The van der Waals surface area contributed by atoms with Gasteiger partial charge in [0.05, 0.1) is 12.1 Å². The Balaban J connectivity index is 1.48. The van der Waals surface area contributed by atoms with Crippen LogP contribution in [0.2, 0.25) is 0 Å². The van der Waals surface area contributed by atoms with Crippen LogP contribution in [0.3, 0.4) is 0 Å². The van der Waals surface area contributed by atoms with Crippen molar-refractivity contribution in [3.8, 4) is 0 Å². The van der Waals surface area contributed by atoms with Gasteiger partial charge >= 0.3 is 6.18 Å². The largest absolute Gasteiger partial charge is 0.416 e. The molecule has 4 aromatic rings. The average Bonchev–Trinajstić information content (AvgIpc) is 3.18. The predicted molar refractivity (Wildman–Crippen MR) is 108 cm³/mol. The summed E-state index contributed by atoms with van der Waals surface area (Å²) in [6.45, 7) is -0.255. The summed E-state index contributed by atoms with van der Waals surface area (Å²) in [5.41, 5.74) is -0.458. The normalized spacial score (nSPS) is 11.6. The zero-order chi connectivity index (χ0) is 23.6. The molecule has 0 spiro atoms.